The van der Waals surface area contributed by atoms with Gasteiger partial charge >= 0.3 is 5.97 Å². The zero-order valence-corrected chi connectivity index (χ0v) is 32.2. The summed E-state index contributed by atoms with van der Waals surface area (Å²) in [5.41, 5.74) is 0. The summed E-state index contributed by atoms with van der Waals surface area (Å²) >= 11 is 0. The van der Waals surface area contributed by atoms with Crippen molar-refractivity contribution < 1.29 is 14.6 Å². The topological polar surface area (TPSA) is 46.5 Å². The van der Waals surface area contributed by atoms with E-state index in [4.69, 9.17) is 9.84 Å². The van der Waals surface area contributed by atoms with Crippen LogP contribution >= 0.6 is 0 Å². The highest BCUT2D eigenvalue weighted by molar-refractivity contribution is 5.69. The van der Waals surface area contributed by atoms with Gasteiger partial charge in [-0.1, -0.05) is 218 Å². The van der Waals surface area contributed by atoms with Crippen LogP contribution in [0.5, 0.6) is 0 Å². The molecule has 0 aliphatic heterocycles. The molecule has 0 saturated heterocycles. The third-order valence-corrected chi connectivity index (χ3v) is 9.96. The minimum atomic E-state index is 0.0140. The summed E-state index contributed by atoms with van der Waals surface area (Å²) in [6.45, 7) is 3.23. The second-order valence-electron chi connectivity index (χ2n) is 14.8. The van der Waals surface area contributed by atoms with Crippen molar-refractivity contribution >= 4 is 5.97 Å². The van der Waals surface area contributed by atoms with Gasteiger partial charge in [0.2, 0.25) is 0 Å². The molecule has 0 heterocycles. The number of hydrogen-bond donors (Lipinski definition) is 1. The molecule has 0 rings (SSSR count). The number of hydrogen-bond acceptors (Lipinski definition) is 3. The molecule has 0 atom stereocenters. The Morgan fingerprint density at radius 1 is 0.404 bits per heavy atom. The Hall–Kier alpha value is -0.830. The van der Waals surface area contributed by atoms with Gasteiger partial charge in [0.05, 0.1) is 6.61 Å². The van der Waals surface area contributed by atoms with Crippen molar-refractivity contribution in [3.8, 4) is 0 Å². The number of allylic oxidation sites excluding steroid dienone is 2. The number of carbonyl (C=O) groups excluding carboxylic acids is 1. The van der Waals surface area contributed by atoms with Crippen LogP contribution in [0.4, 0.5) is 0 Å². The van der Waals surface area contributed by atoms with Gasteiger partial charge in [0.1, 0.15) is 0 Å². The van der Waals surface area contributed by atoms with Crippen LogP contribution in [-0.4, -0.2) is 24.3 Å². The van der Waals surface area contributed by atoms with E-state index in [-0.39, 0.29) is 5.97 Å². The minimum absolute atomic E-state index is 0.0140. The lowest BCUT2D eigenvalue weighted by Gasteiger charge is -2.06. The van der Waals surface area contributed by atoms with Crippen molar-refractivity contribution in [3.63, 3.8) is 0 Å². The number of rotatable bonds is 41. The first-order valence-corrected chi connectivity index (χ1v) is 21.7. The highest BCUT2D eigenvalue weighted by Crippen LogP contribution is 2.16. The quantitative estimate of drug-likeness (QED) is 0.0402. The summed E-state index contributed by atoms with van der Waals surface area (Å²) in [5.74, 6) is 0.0140. The van der Waals surface area contributed by atoms with Crippen LogP contribution in [-0.2, 0) is 9.53 Å². The van der Waals surface area contributed by atoms with Gasteiger partial charge in [-0.15, -0.1) is 0 Å². The summed E-state index contributed by atoms with van der Waals surface area (Å²) in [6, 6.07) is 0. The van der Waals surface area contributed by atoms with Gasteiger partial charge in [-0.25, -0.2) is 0 Å². The summed E-state index contributed by atoms with van der Waals surface area (Å²) in [5, 5.41) is 8.80. The van der Waals surface area contributed by atoms with Gasteiger partial charge in [-0.3, -0.25) is 4.79 Å². The molecule has 0 bridgehead atoms. The average molecular weight is 663 g/mol. The van der Waals surface area contributed by atoms with Gasteiger partial charge in [0.25, 0.3) is 0 Å². The molecule has 47 heavy (non-hydrogen) atoms. The van der Waals surface area contributed by atoms with Crippen LogP contribution in [0.3, 0.4) is 0 Å². The fourth-order valence-electron chi connectivity index (χ4n) is 6.69. The molecular formula is C44H86O3. The summed E-state index contributed by atoms with van der Waals surface area (Å²) in [4.78, 5) is 11.9. The summed E-state index contributed by atoms with van der Waals surface area (Å²) in [7, 11) is 0. The first-order chi connectivity index (χ1) is 23.3. The molecule has 0 aliphatic rings. The maximum atomic E-state index is 11.9. The van der Waals surface area contributed by atoms with E-state index in [1.807, 2.05) is 0 Å². The Morgan fingerprint density at radius 2 is 0.702 bits per heavy atom. The van der Waals surface area contributed by atoms with E-state index in [1.165, 1.54) is 212 Å². The maximum Gasteiger partial charge on any atom is 0.305 e. The normalized spacial score (nSPS) is 11.6. The standard InChI is InChI=1S/C44H86O3/c1-2-3-4-5-6-7-26-29-32-35-38-41-44(46)47-43-40-37-34-31-28-25-23-21-19-17-15-13-11-9-8-10-12-14-16-18-20-22-24-27-30-33-36-39-42-45/h5-6,45H,2-4,7-43H2,1H3/b6-5-. The van der Waals surface area contributed by atoms with Crippen LogP contribution in [0.15, 0.2) is 12.2 Å². The van der Waals surface area contributed by atoms with E-state index in [0.29, 0.717) is 19.6 Å². The van der Waals surface area contributed by atoms with Crippen molar-refractivity contribution in [3.05, 3.63) is 12.2 Å². The Labute approximate surface area is 296 Å². The van der Waals surface area contributed by atoms with E-state index in [1.54, 1.807) is 0 Å². The Morgan fingerprint density at radius 3 is 1.06 bits per heavy atom. The number of aliphatic hydroxyl groups excluding tert-OH is 1. The summed E-state index contributed by atoms with van der Waals surface area (Å²) < 4.78 is 5.44. The SMILES string of the molecule is CCCC/C=C\CCCCCCCC(=O)OCCCCCCCCCCCCCCCCCCCCCCCCCCCCCCO. The highest BCUT2D eigenvalue weighted by Gasteiger charge is 2.03. The lowest BCUT2D eigenvalue weighted by Crippen LogP contribution is -2.05. The minimum Gasteiger partial charge on any atom is -0.466 e. The maximum absolute atomic E-state index is 11.9. The van der Waals surface area contributed by atoms with E-state index < -0.39 is 0 Å². The molecule has 1 N–H and O–H groups in total. The molecule has 3 heteroatoms. The second kappa shape index (κ2) is 43.2. The molecule has 3 nitrogen and oxygen atoms in total. The van der Waals surface area contributed by atoms with E-state index >= 15 is 0 Å². The van der Waals surface area contributed by atoms with Crippen molar-refractivity contribution in [2.45, 2.75) is 251 Å². The van der Waals surface area contributed by atoms with Gasteiger partial charge < -0.3 is 9.84 Å². The number of carbonyl (C=O) groups is 1. The van der Waals surface area contributed by atoms with E-state index in [2.05, 4.69) is 19.1 Å². The largest absolute Gasteiger partial charge is 0.466 e. The van der Waals surface area contributed by atoms with E-state index in [0.717, 1.165) is 25.7 Å². The van der Waals surface area contributed by atoms with E-state index in [9.17, 15) is 4.79 Å². The van der Waals surface area contributed by atoms with Gasteiger partial charge in [-0.05, 0) is 38.5 Å². The molecule has 0 radical (unpaired) electrons. The molecule has 0 aromatic rings. The average Bonchev–Trinajstić information content (AvgIpc) is 3.08. The lowest BCUT2D eigenvalue weighted by atomic mass is 10.0. The zero-order valence-electron chi connectivity index (χ0n) is 32.2. The predicted molar refractivity (Wildman–Crippen MR) is 208 cm³/mol. The molecule has 0 fully saturated rings. The van der Waals surface area contributed by atoms with Crippen molar-refractivity contribution in [2.75, 3.05) is 13.2 Å². The molecule has 0 aromatic carbocycles. The monoisotopic (exact) mass is 663 g/mol. The Bertz CT molecular complexity index is 601. The van der Waals surface area contributed by atoms with Gasteiger partial charge in [0.15, 0.2) is 0 Å². The van der Waals surface area contributed by atoms with Gasteiger partial charge in [-0.2, -0.15) is 0 Å². The molecule has 0 aromatic heterocycles. The molecule has 0 unspecified atom stereocenters. The highest BCUT2D eigenvalue weighted by atomic mass is 16.5. The zero-order chi connectivity index (χ0) is 34.0. The smallest absolute Gasteiger partial charge is 0.305 e. The van der Waals surface area contributed by atoms with Crippen LogP contribution in [0.1, 0.15) is 251 Å². The molecule has 280 valence electrons. The molecule has 0 amide bonds. The summed E-state index contributed by atoms with van der Waals surface area (Å²) in [6.07, 6.45) is 54.7. The lowest BCUT2D eigenvalue weighted by molar-refractivity contribution is -0.143. The third-order valence-electron chi connectivity index (χ3n) is 9.96. The van der Waals surface area contributed by atoms with Crippen LogP contribution < -0.4 is 0 Å². The molecule has 0 aliphatic carbocycles. The Kier molecular flexibility index (Phi) is 42.4. The third kappa shape index (κ3) is 43.1. The predicted octanol–water partition coefficient (Wildman–Crippen LogP) is 14.9. The fraction of sp³-hybridized carbons (Fsp3) is 0.932. The number of ether oxygens (including phenoxy) is 1. The number of aliphatic hydroxyl groups is 1. The second-order valence-corrected chi connectivity index (χ2v) is 14.8. The van der Waals surface area contributed by atoms with Crippen LogP contribution in [0.2, 0.25) is 0 Å². The Balaban J connectivity index is 3.13. The fourth-order valence-corrected chi connectivity index (χ4v) is 6.69. The molecule has 0 saturated carbocycles. The first kappa shape index (κ1) is 46.2. The van der Waals surface area contributed by atoms with Crippen molar-refractivity contribution in [2.24, 2.45) is 0 Å². The number of esters is 1. The molecule has 0 spiro atoms. The van der Waals surface area contributed by atoms with Crippen LogP contribution in [0.25, 0.3) is 0 Å². The first-order valence-electron chi connectivity index (χ1n) is 21.7. The number of unbranched alkanes of at least 4 members (excludes halogenated alkanes) is 34. The van der Waals surface area contributed by atoms with Crippen molar-refractivity contribution in [1.29, 1.82) is 0 Å². The molecular weight excluding hydrogens is 576 g/mol. The van der Waals surface area contributed by atoms with Gasteiger partial charge in [0, 0.05) is 13.0 Å². The van der Waals surface area contributed by atoms with Crippen molar-refractivity contribution in [1.82, 2.24) is 0 Å². The van der Waals surface area contributed by atoms with Crippen LogP contribution in [0, 0.1) is 0 Å².